The fourth-order valence-corrected chi connectivity index (χ4v) is 2.25. The molecule has 0 bridgehead atoms. The zero-order chi connectivity index (χ0) is 16.5. The van der Waals surface area contributed by atoms with Crippen molar-refractivity contribution in [2.24, 2.45) is 0 Å². The summed E-state index contributed by atoms with van der Waals surface area (Å²) in [4.78, 5) is 4.01. The first-order valence-corrected chi connectivity index (χ1v) is 7.99. The Kier molecular flexibility index (Phi) is 8.97. The SMILES string of the molecule is CC.Cc1[c-]c2ccccc2cc1.[Pt].c1ccc2cnccc2c1. The molecule has 0 atom stereocenters. The maximum absolute atomic E-state index is 4.01. The third kappa shape index (κ3) is 5.58. The van der Waals surface area contributed by atoms with Gasteiger partial charge >= 0.3 is 0 Å². The van der Waals surface area contributed by atoms with Gasteiger partial charge in [-0.25, -0.2) is 0 Å². The molecule has 4 rings (SSSR count). The van der Waals surface area contributed by atoms with Gasteiger partial charge in [-0.05, 0) is 16.8 Å². The molecular formula is C22H22NPt-. The van der Waals surface area contributed by atoms with Crippen LogP contribution >= 0.6 is 0 Å². The molecule has 0 saturated carbocycles. The average Bonchev–Trinajstić information content (AvgIpc) is 2.64. The fourth-order valence-electron chi connectivity index (χ4n) is 2.25. The summed E-state index contributed by atoms with van der Waals surface area (Å²) in [6.45, 7) is 6.06. The van der Waals surface area contributed by atoms with Gasteiger partial charge in [0.05, 0.1) is 0 Å². The standard InChI is InChI=1S/C11H9.C9H7N.C2H6.Pt/c1-9-6-7-10-4-2-3-5-11(10)8-9;1-2-4-9-7-10-6-5-8(9)3-1;1-2;/h2-7H,1H3;1-7H;1-2H3;/q-1;;;. The van der Waals surface area contributed by atoms with Crippen LogP contribution in [-0.2, 0) is 21.1 Å². The summed E-state index contributed by atoms with van der Waals surface area (Å²) in [5.74, 6) is 0. The normalized spacial score (nSPS) is 9.12. The van der Waals surface area contributed by atoms with Gasteiger partial charge in [0.1, 0.15) is 0 Å². The van der Waals surface area contributed by atoms with Crippen LogP contribution in [0.1, 0.15) is 19.4 Å². The number of hydrogen-bond donors (Lipinski definition) is 0. The van der Waals surface area contributed by atoms with E-state index < -0.39 is 0 Å². The van der Waals surface area contributed by atoms with E-state index in [9.17, 15) is 0 Å². The summed E-state index contributed by atoms with van der Waals surface area (Å²) in [5.41, 5.74) is 1.20. The number of nitrogens with zero attached hydrogens (tertiary/aromatic N) is 1. The van der Waals surface area contributed by atoms with E-state index in [0.29, 0.717) is 0 Å². The molecule has 4 aromatic rings. The van der Waals surface area contributed by atoms with Crippen molar-refractivity contribution < 1.29 is 21.1 Å². The Bertz CT molecular complexity index is 806. The summed E-state index contributed by atoms with van der Waals surface area (Å²) in [6, 6.07) is 26.0. The molecule has 0 aliphatic heterocycles. The summed E-state index contributed by atoms with van der Waals surface area (Å²) >= 11 is 0. The van der Waals surface area contributed by atoms with Crippen LogP contribution in [0, 0.1) is 13.0 Å². The predicted molar refractivity (Wildman–Crippen MR) is 101 cm³/mol. The third-order valence-corrected chi connectivity index (χ3v) is 3.36. The van der Waals surface area contributed by atoms with Crippen LogP contribution in [0.3, 0.4) is 0 Å². The topological polar surface area (TPSA) is 12.9 Å². The minimum Gasteiger partial charge on any atom is -0.264 e. The molecule has 0 aliphatic carbocycles. The van der Waals surface area contributed by atoms with Gasteiger partial charge < -0.3 is 0 Å². The van der Waals surface area contributed by atoms with Gasteiger partial charge in [-0.15, -0.1) is 46.7 Å². The minimum atomic E-state index is 0. The zero-order valence-corrected chi connectivity index (χ0v) is 16.5. The molecule has 24 heavy (non-hydrogen) atoms. The zero-order valence-electron chi connectivity index (χ0n) is 14.3. The summed E-state index contributed by atoms with van der Waals surface area (Å²) in [5, 5.41) is 4.91. The number of aryl methyl sites for hydroxylation is 1. The Morgan fingerprint density at radius 2 is 1.33 bits per heavy atom. The van der Waals surface area contributed by atoms with Crippen LogP contribution in [0.25, 0.3) is 21.5 Å². The smallest absolute Gasteiger partial charge is 0.0346 e. The first-order chi connectivity index (χ1) is 11.3. The van der Waals surface area contributed by atoms with Gasteiger partial charge in [-0.3, -0.25) is 4.98 Å². The minimum absolute atomic E-state index is 0. The third-order valence-electron chi connectivity index (χ3n) is 3.36. The molecule has 0 fully saturated rings. The quantitative estimate of drug-likeness (QED) is 0.265. The molecule has 0 N–H and O–H groups in total. The van der Waals surface area contributed by atoms with Crippen molar-refractivity contribution in [2.75, 3.05) is 0 Å². The second kappa shape index (κ2) is 10.7. The van der Waals surface area contributed by atoms with E-state index in [1.807, 2.05) is 56.6 Å². The Morgan fingerprint density at radius 1 is 0.708 bits per heavy atom. The van der Waals surface area contributed by atoms with E-state index >= 15 is 0 Å². The van der Waals surface area contributed by atoms with E-state index in [2.05, 4.69) is 54.4 Å². The second-order valence-corrected chi connectivity index (χ2v) is 4.95. The number of rotatable bonds is 0. The molecule has 126 valence electrons. The molecule has 3 aromatic carbocycles. The molecule has 1 heterocycles. The number of hydrogen-bond acceptors (Lipinski definition) is 1. The van der Waals surface area contributed by atoms with Gasteiger partial charge in [0.2, 0.25) is 0 Å². The van der Waals surface area contributed by atoms with Gasteiger partial charge in [0.25, 0.3) is 0 Å². The van der Waals surface area contributed by atoms with Crippen LogP contribution in [0.2, 0.25) is 0 Å². The van der Waals surface area contributed by atoms with E-state index in [0.717, 1.165) is 0 Å². The predicted octanol–water partition coefficient (Wildman–Crippen LogP) is 6.21. The Morgan fingerprint density at radius 3 is 2.04 bits per heavy atom. The molecule has 2 heteroatoms. The van der Waals surface area contributed by atoms with E-state index in [-0.39, 0.29) is 21.1 Å². The van der Waals surface area contributed by atoms with Crippen molar-refractivity contribution >= 4 is 21.5 Å². The van der Waals surface area contributed by atoms with Crippen LogP contribution in [-0.4, -0.2) is 4.98 Å². The number of pyridine rings is 1. The van der Waals surface area contributed by atoms with Crippen LogP contribution in [0.5, 0.6) is 0 Å². The molecule has 0 aliphatic rings. The summed E-state index contributed by atoms with van der Waals surface area (Å²) in [7, 11) is 0. The monoisotopic (exact) mass is 495 g/mol. The van der Waals surface area contributed by atoms with Crippen molar-refractivity contribution in [3.63, 3.8) is 0 Å². The van der Waals surface area contributed by atoms with Crippen LogP contribution in [0.15, 0.2) is 79.1 Å². The van der Waals surface area contributed by atoms with Crippen molar-refractivity contribution in [3.8, 4) is 0 Å². The largest absolute Gasteiger partial charge is 0.264 e. The Labute approximate surface area is 159 Å². The van der Waals surface area contributed by atoms with Crippen molar-refractivity contribution in [2.45, 2.75) is 20.8 Å². The summed E-state index contributed by atoms with van der Waals surface area (Å²) in [6.07, 6.45) is 3.68. The summed E-state index contributed by atoms with van der Waals surface area (Å²) < 4.78 is 0. The van der Waals surface area contributed by atoms with Crippen molar-refractivity contribution in [1.82, 2.24) is 4.98 Å². The van der Waals surface area contributed by atoms with Gasteiger partial charge in [0.15, 0.2) is 0 Å². The molecule has 0 radical (unpaired) electrons. The molecule has 0 unspecified atom stereocenters. The second-order valence-electron chi connectivity index (χ2n) is 4.95. The van der Waals surface area contributed by atoms with Gasteiger partial charge in [-0.1, -0.05) is 57.2 Å². The maximum atomic E-state index is 4.01. The maximum Gasteiger partial charge on any atom is 0.0346 e. The molecule has 0 spiro atoms. The first-order valence-electron chi connectivity index (χ1n) is 7.99. The molecule has 1 aromatic heterocycles. The average molecular weight is 496 g/mol. The van der Waals surface area contributed by atoms with Crippen LogP contribution < -0.4 is 0 Å². The van der Waals surface area contributed by atoms with Crippen molar-refractivity contribution in [1.29, 1.82) is 0 Å². The Hall–Kier alpha value is -1.98. The van der Waals surface area contributed by atoms with E-state index in [4.69, 9.17) is 0 Å². The number of aromatic nitrogens is 1. The molecule has 1 nitrogen and oxygen atoms in total. The van der Waals surface area contributed by atoms with Gasteiger partial charge in [0, 0.05) is 33.5 Å². The number of benzene rings is 3. The first kappa shape index (κ1) is 20.1. The fraction of sp³-hybridized carbons (Fsp3) is 0.136. The Balaban J connectivity index is 0.000000211. The van der Waals surface area contributed by atoms with Crippen LogP contribution in [0.4, 0.5) is 0 Å². The van der Waals surface area contributed by atoms with Gasteiger partial charge in [-0.2, -0.15) is 0 Å². The molecule has 0 amide bonds. The molecular weight excluding hydrogens is 473 g/mol. The van der Waals surface area contributed by atoms with E-state index in [1.54, 1.807) is 0 Å². The molecule has 0 saturated heterocycles. The van der Waals surface area contributed by atoms with E-state index in [1.165, 1.54) is 27.1 Å². The van der Waals surface area contributed by atoms with Crippen molar-refractivity contribution in [3.05, 3.63) is 90.8 Å². The number of fused-ring (bicyclic) bond motifs is 2.